The van der Waals surface area contributed by atoms with Crippen LogP contribution in [0.4, 0.5) is 10.5 Å². The molecule has 0 bridgehead atoms. The predicted octanol–water partition coefficient (Wildman–Crippen LogP) is 3.87. The molecule has 3 amide bonds. The summed E-state index contributed by atoms with van der Waals surface area (Å²) in [6, 6.07) is 13.0. The van der Waals surface area contributed by atoms with E-state index in [-0.39, 0.29) is 23.9 Å². The van der Waals surface area contributed by atoms with Crippen LogP contribution in [0.25, 0.3) is 11.1 Å². The first-order valence-corrected chi connectivity index (χ1v) is 9.52. The van der Waals surface area contributed by atoms with E-state index in [1.165, 1.54) is 0 Å². The number of amides is 3. The molecular formula is C21H19ClN2O4. The van der Waals surface area contributed by atoms with Gasteiger partial charge in [0.2, 0.25) is 11.8 Å². The number of hydrogen-bond donors (Lipinski definition) is 1. The Balaban J connectivity index is 1.64. The Labute approximate surface area is 167 Å². The summed E-state index contributed by atoms with van der Waals surface area (Å²) in [6.45, 7) is 2.31. The minimum Gasteiger partial charge on any atom is -0.447 e. The van der Waals surface area contributed by atoms with Crippen molar-refractivity contribution in [1.29, 1.82) is 0 Å². The number of carbonyl (C=O) groups excluding carboxylic acids is 3. The lowest BCUT2D eigenvalue weighted by Gasteiger charge is -2.23. The van der Waals surface area contributed by atoms with Gasteiger partial charge in [0.1, 0.15) is 6.61 Å². The highest BCUT2D eigenvalue weighted by molar-refractivity contribution is 6.34. The molecule has 2 fully saturated rings. The SMILES string of the molecule is C[C@H]1COC(=O)N1c1ccc(-c2cccc(C3CCC(=O)NC3=O)c2Cl)cc1. The average Bonchev–Trinajstić information content (AvgIpc) is 3.01. The second kappa shape index (κ2) is 7.28. The highest BCUT2D eigenvalue weighted by Gasteiger charge is 2.31. The Morgan fingerprint density at radius 1 is 1.11 bits per heavy atom. The number of halogens is 1. The van der Waals surface area contributed by atoms with E-state index in [1.54, 1.807) is 4.90 Å². The number of cyclic esters (lactones) is 1. The van der Waals surface area contributed by atoms with Crippen LogP contribution in [0.15, 0.2) is 42.5 Å². The van der Waals surface area contributed by atoms with Gasteiger partial charge in [-0.05, 0) is 36.6 Å². The number of piperidine rings is 1. The molecule has 2 aliphatic heterocycles. The van der Waals surface area contributed by atoms with Crippen LogP contribution in [0.2, 0.25) is 5.02 Å². The highest BCUT2D eigenvalue weighted by Crippen LogP contribution is 2.37. The molecule has 0 radical (unpaired) electrons. The van der Waals surface area contributed by atoms with Crippen LogP contribution in [-0.4, -0.2) is 30.6 Å². The number of carbonyl (C=O) groups is 3. The van der Waals surface area contributed by atoms with Crippen molar-refractivity contribution in [3.05, 3.63) is 53.1 Å². The van der Waals surface area contributed by atoms with Crippen LogP contribution in [0.5, 0.6) is 0 Å². The van der Waals surface area contributed by atoms with Crippen LogP contribution < -0.4 is 10.2 Å². The van der Waals surface area contributed by atoms with Gasteiger partial charge in [-0.1, -0.05) is 41.9 Å². The normalized spacial score (nSPS) is 22.2. The quantitative estimate of drug-likeness (QED) is 0.796. The number of nitrogens with zero attached hydrogens (tertiary/aromatic N) is 1. The lowest BCUT2D eigenvalue weighted by Crippen LogP contribution is -2.39. The van der Waals surface area contributed by atoms with Crippen molar-refractivity contribution in [3.8, 4) is 11.1 Å². The standard InChI is InChI=1S/C21H19ClN2O4/c1-12-11-28-21(27)24(12)14-7-5-13(6-8-14)15-3-2-4-16(19(15)22)17-9-10-18(25)23-20(17)26/h2-8,12,17H,9-11H2,1H3,(H,23,25,26)/t12-,17?/m0/s1. The van der Waals surface area contributed by atoms with Gasteiger partial charge in [-0.2, -0.15) is 0 Å². The second-order valence-corrected chi connectivity index (χ2v) is 7.43. The molecule has 2 aromatic rings. The fourth-order valence-electron chi connectivity index (χ4n) is 3.71. The Morgan fingerprint density at radius 2 is 1.86 bits per heavy atom. The molecule has 2 aliphatic rings. The van der Waals surface area contributed by atoms with Gasteiger partial charge in [0.25, 0.3) is 0 Å². The summed E-state index contributed by atoms with van der Waals surface area (Å²) in [5.41, 5.74) is 3.15. The first kappa shape index (κ1) is 18.5. The Bertz CT molecular complexity index is 957. The highest BCUT2D eigenvalue weighted by atomic mass is 35.5. The second-order valence-electron chi connectivity index (χ2n) is 7.06. The molecular weight excluding hydrogens is 380 g/mol. The minimum absolute atomic E-state index is 0.0159. The lowest BCUT2D eigenvalue weighted by atomic mass is 9.88. The van der Waals surface area contributed by atoms with Crippen molar-refractivity contribution in [2.45, 2.75) is 31.7 Å². The van der Waals surface area contributed by atoms with Crippen LogP contribution in [0.1, 0.15) is 31.2 Å². The first-order valence-electron chi connectivity index (χ1n) is 9.14. The zero-order chi connectivity index (χ0) is 19.8. The van der Waals surface area contributed by atoms with Crippen LogP contribution in [0.3, 0.4) is 0 Å². The van der Waals surface area contributed by atoms with Crippen LogP contribution in [0, 0.1) is 0 Å². The maximum Gasteiger partial charge on any atom is 0.414 e. The van der Waals surface area contributed by atoms with E-state index >= 15 is 0 Å². The van der Waals surface area contributed by atoms with Gasteiger partial charge in [-0.25, -0.2) is 4.79 Å². The molecule has 2 aromatic carbocycles. The molecule has 144 valence electrons. The summed E-state index contributed by atoms with van der Waals surface area (Å²) in [6.07, 6.45) is 0.399. The molecule has 2 saturated heterocycles. The molecule has 0 saturated carbocycles. The van der Waals surface area contributed by atoms with Gasteiger partial charge >= 0.3 is 6.09 Å². The maximum absolute atomic E-state index is 12.2. The van der Waals surface area contributed by atoms with Gasteiger partial charge in [0, 0.05) is 17.7 Å². The van der Waals surface area contributed by atoms with E-state index in [0.717, 1.165) is 16.8 Å². The van der Waals surface area contributed by atoms with E-state index in [2.05, 4.69) is 5.32 Å². The van der Waals surface area contributed by atoms with E-state index in [0.29, 0.717) is 30.0 Å². The zero-order valence-electron chi connectivity index (χ0n) is 15.3. The van der Waals surface area contributed by atoms with Crippen molar-refractivity contribution < 1.29 is 19.1 Å². The smallest absolute Gasteiger partial charge is 0.414 e. The number of nitrogens with one attached hydrogen (secondary N) is 1. The van der Waals surface area contributed by atoms with Crippen LogP contribution in [-0.2, 0) is 14.3 Å². The van der Waals surface area contributed by atoms with Crippen molar-refractivity contribution in [2.24, 2.45) is 0 Å². The molecule has 4 rings (SSSR count). The van der Waals surface area contributed by atoms with Crippen molar-refractivity contribution in [1.82, 2.24) is 5.32 Å². The lowest BCUT2D eigenvalue weighted by molar-refractivity contribution is -0.134. The molecule has 2 heterocycles. The molecule has 7 heteroatoms. The number of benzene rings is 2. The fraction of sp³-hybridized carbons (Fsp3) is 0.286. The third-order valence-corrected chi connectivity index (χ3v) is 5.61. The van der Waals surface area contributed by atoms with E-state index < -0.39 is 5.92 Å². The van der Waals surface area contributed by atoms with Crippen molar-refractivity contribution >= 4 is 35.2 Å². The molecule has 1 N–H and O–H groups in total. The van der Waals surface area contributed by atoms with E-state index in [4.69, 9.17) is 16.3 Å². The van der Waals surface area contributed by atoms with Gasteiger partial charge in [0.15, 0.2) is 0 Å². The van der Waals surface area contributed by atoms with Gasteiger partial charge < -0.3 is 4.74 Å². The molecule has 1 unspecified atom stereocenters. The molecule has 2 atom stereocenters. The molecule has 6 nitrogen and oxygen atoms in total. The predicted molar refractivity (Wildman–Crippen MR) is 105 cm³/mol. The van der Waals surface area contributed by atoms with Crippen molar-refractivity contribution in [2.75, 3.05) is 11.5 Å². The first-order chi connectivity index (χ1) is 13.5. The Kier molecular flexibility index (Phi) is 4.81. The maximum atomic E-state index is 12.2. The summed E-state index contributed by atoms with van der Waals surface area (Å²) < 4.78 is 5.07. The molecule has 0 aromatic heterocycles. The topological polar surface area (TPSA) is 75.7 Å². The van der Waals surface area contributed by atoms with Gasteiger partial charge in [-0.3, -0.25) is 19.8 Å². The number of anilines is 1. The van der Waals surface area contributed by atoms with E-state index in [9.17, 15) is 14.4 Å². The largest absolute Gasteiger partial charge is 0.447 e. The number of ether oxygens (including phenoxy) is 1. The summed E-state index contributed by atoms with van der Waals surface area (Å²) in [5.74, 6) is -1.00. The van der Waals surface area contributed by atoms with Gasteiger partial charge in [0.05, 0.1) is 17.0 Å². The summed E-state index contributed by atoms with van der Waals surface area (Å²) in [7, 11) is 0. The van der Waals surface area contributed by atoms with Crippen molar-refractivity contribution in [3.63, 3.8) is 0 Å². The third kappa shape index (κ3) is 3.24. The fourth-order valence-corrected chi connectivity index (χ4v) is 4.08. The summed E-state index contributed by atoms with van der Waals surface area (Å²) in [5, 5.41) is 2.87. The minimum atomic E-state index is -0.440. The summed E-state index contributed by atoms with van der Waals surface area (Å²) >= 11 is 6.64. The van der Waals surface area contributed by atoms with Crippen LogP contribution >= 0.6 is 11.6 Å². The third-order valence-electron chi connectivity index (χ3n) is 5.19. The molecule has 0 spiro atoms. The molecule has 28 heavy (non-hydrogen) atoms. The Morgan fingerprint density at radius 3 is 2.50 bits per heavy atom. The number of rotatable bonds is 3. The van der Waals surface area contributed by atoms with E-state index in [1.807, 2.05) is 49.4 Å². The summed E-state index contributed by atoms with van der Waals surface area (Å²) in [4.78, 5) is 37.1. The zero-order valence-corrected chi connectivity index (χ0v) is 16.0. The number of imide groups is 1. The average molecular weight is 399 g/mol. The Hall–Kier alpha value is -2.86. The number of hydrogen-bond acceptors (Lipinski definition) is 4. The molecule has 0 aliphatic carbocycles. The van der Waals surface area contributed by atoms with Gasteiger partial charge in [-0.15, -0.1) is 0 Å². The monoisotopic (exact) mass is 398 g/mol.